The van der Waals surface area contributed by atoms with E-state index in [2.05, 4.69) is 15.9 Å². The second-order valence-electron chi connectivity index (χ2n) is 5.15. The molecule has 0 radical (unpaired) electrons. The van der Waals surface area contributed by atoms with Gasteiger partial charge in [-0.3, -0.25) is 0 Å². The minimum Gasteiger partial charge on any atom is -0.497 e. The number of rotatable bonds is 4. The molecule has 0 spiro atoms. The summed E-state index contributed by atoms with van der Waals surface area (Å²) in [6.45, 7) is 0. The monoisotopic (exact) mass is 362 g/mol. The van der Waals surface area contributed by atoms with Crippen LogP contribution >= 0.6 is 15.9 Å². The van der Waals surface area contributed by atoms with E-state index in [1.54, 1.807) is 7.11 Å². The fourth-order valence-corrected chi connectivity index (χ4v) is 4.09. The van der Waals surface area contributed by atoms with Gasteiger partial charge in [-0.15, -0.1) is 0 Å². The van der Waals surface area contributed by atoms with Crippen LogP contribution in [0.5, 0.6) is 11.5 Å². The molecule has 1 aromatic carbocycles. The Bertz CT molecular complexity index is 571. The van der Waals surface area contributed by atoms with Crippen molar-refractivity contribution >= 4 is 25.8 Å². The Hall–Kier alpha value is -0.750. The summed E-state index contributed by atoms with van der Waals surface area (Å²) in [4.78, 5) is 0. The zero-order chi connectivity index (χ0) is 14.8. The summed E-state index contributed by atoms with van der Waals surface area (Å²) in [5, 5.41) is -0.279. The average molecular weight is 363 g/mol. The van der Waals surface area contributed by atoms with Crippen LogP contribution < -0.4 is 9.47 Å². The van der Waals surface area contributed by atoms with Crippen LogP contribution in [0.2, 0.25) is 0 Å². The smallest absolute Gasteiger partial charge is 0.150 e. The zero-order valence-corrected chi connectivity index (χ0v) is 14.0. The molecule has 2 atom stereocenters. The lowest BCUT2D eigenvalue weighted by Gasteiger charge is -2.28. The first-order chi connectivity index (χ1) is 9.40. The second kappa shape index (κ2) is 6.35. The van der Waals surface area contributed by atoms with Gasteiger partial charge in [-0.05, 0) is 53.4 Å². The van der Waals surface area contributed by atoms with Gasteiger partial charge in [-0.1, -0.05) is 0 Å². The number of hydrogen-bond acceptors (Lipinski definition) is 4. The maximum absolute atomic E-state index is 11.7. The number of benzene rings is 1. The quantitative estimate of drug-likeness (QED) is 0.825. The van der Waals surface area contributed by atoms with Gasteiger partial charge in [0.1, 0.15) is 27.4 Å². The van der Waals surface area contributed by atoms with Gasteiger partial charge in [0.05, 0.1) is 16.8 Å². The Balaban J connectivity index is 2.06. The minimum absolute atomic E-state index is 0.0480. The molecule has 2 unspecified atom stereocenters. The molecule has 4 nitrogen and oxygen atoms in total. The predicted molar refractivity (Wildman–Crippen MR) is 82.2 cm³/mol. The van der Waals surface area contributed by atoms with Crippen LogP contribution in [0.1, 0.15) is 25.7 Å². The molecule has 1 fully saturated rings. The van der Waals surface area contributed by atoms with Crippen molar-refractivity contribution in [3.8, 4) is 11.5 Å². The Labute approximate surface area is 128 Å². The SMILES string of the molecule is COc1ccc(OC2CCCC(S(C)(=O)=O)C2)c(Br)c1. The first kappa shape index (κ1) is 15.6. The van der Waals surface area contributed by atoms with Gasteiger partial charge in [0, 0.05) is 12.7 Å². The molecule has 0 amide bonds. The molecule has 20 heavy (non-hydrogen) atoms. The van der Waals surface area contributed by atoms with Crippen LogP contribution in [0.4, 0.5) is 0 Å². The number of ether oxygens (including phenoxy) is 2. The van der Waals surface area contributed by atoms with E-state index in [1.807, 2.05) is 18.2 Å². The first-order valence-electron chi connectivity index (χ1n) is 6.59. The number of methoxy groups -OCH3 is 1. The standard InChI is InChI=1S/C14H19BrO4S/c1-18-10-6-7-14(13(15)9-10)19-11-4-3-5-12(8-11)20(2,16)17/h6-7,9,11-12H,3-5,8H2,1-2H3. The van der Waals surface area contributed by atoms with Crippen LogP contribution in [0.15, 0.2) is 22.7 Å². The topological polar surface area (TPSA) is 52.6 Å². The highest BCUT2D eigenvalue weighted by molar-refractivity contribution is 9.10. The third-order valence-corrected chi connectivity index (χ3v) is 5.88. The molecule has 1 aliphatic carbocycles. The first-order valence-corrected chi connectivity index (χ1v) is 9.34. The molecule has 0 bridgehead atoms. The Morgan fingerprint density at radius 2 is 2.05 bits per heavy atom. The fraction of sp³-hybridized carbons (Fsp3) is 0.571. The lowest BCUT2D eigenvalue weighted by atomic mass is 9.97. The molecule has 6 heteroatoms. The molecule has 0 aromatic heterocycles. The van der Waals surface area contributed by atoms with Crippen molar-refractivity contribution < 1.29 is 17.9 Å². The summed E-state index contributed by atoms with van der Waals surface area (Å²) in [6, 6.07) is 5.51. The Morgan fingerprint density at radius 3 is 2.65 bits per heavy atom. The van der Waals surface area contributed by atoms with Crippen LogP contribution in [-0.2, 0) is 9.84 Å². The van der Waals surface area contributed by atoms with E-state index in [0.717, 1.165) is 35.2 Å². The summed E-state index contributed by atoms with van der Waals surface area (Å²) in [6.07, 6.45) is 4.34. The van der Waals surface area contributed by atoms with Gasteiger partial charge in [0.15, 0.2) is 0 Å². The van der Waals surface area contributed by atoms with Gasteiger partial charge in [0.25, 0.3) is 0 Å². The lowest BCUT2D eigenvalue weighted by Crippen LogP contribution is -2.33. The summed E-state index contributed by atoms with van der Waals surface area (Å²) in [7, 11) is -1.37. The van der Waals surface area contributed by atoms with E-state index in [1.165, 1.54) is 6.26 Å². The van der Waals surface area contributed by atoms with Crippen LogP contribution in [0.25, 0.3) is 0 Å². The lowest BCUT2D eigenvalue weighted by molar-refractivity contribution is 0.155. The van der Waals surface area contributed by atoms with Crippen LogP contribution in [-0.4, -0.2) is 33.1 Å². The second-order valence-corrected chi connectivity index (χ2v) is 8.33. The zero-order valence-electron chi connectivity index (χ0n) is 11.6. The van der Waals surface area contributed by atoms with Gasteiger partial charge in [0.2, 0.25) is 0 Å². The summed E-state index contributed by atoms with van der Waals surface area (Å²) >= 11 is 3.45. The van der Waals surface area contributed by atoms with E-state index in [4.69, 9.17) is 9.47 Å². The molecule has 0 N–H and O–H groups in total. The van der Waals surface area contributed by atoms with E-state index >= 15 is 0 Å². The Morgan fingerprint density at radius 1 is 1.30 bits per heavy atom. The largest absolute Gasteiger partial charge is 0.497 e. The van der Waals surface area contributed by atoms with Crippen molar-refractivity contribution in [2.45, 2.75) is 37.0 Å². The maximum Gasteiger partial charge on any atom is 0.150 e. The number of sulfone groups is 1. The van der Waals surface area contributed by atoms with Crippen LogP contribution in [0, 0.1) is 0 Å². The summed E-state index contributed by atoms with van der Waals surface area (Å²) in [5.41, 5.74) is 0. The fourth-order valence-electron chi connectivity index (χ4n) is 2.48. The van der Waals surface area contributed by atoms with Gasteiger partial charge in [-0.2, -0.15) is 0 Å². The van der Waals surface area contributed by atoms with Crippen molar-refractivity contribution in [1.82, 2.24) is 0 Å². The maximum atomic E-state index is 11.7. The molecule has 0 aliphatic heterocycles. The van der Waals surface area contributed by atoms with Crippen molar-refractivity contribution in [3.05, 3.63) is 22.7 Å². The molecule has 0 saturated heterocycles. The van der Waals surface area contributed by atoms with E-state index in [-0.39, 0.29) is 11.4 Å². The third-order valence-electron chi connectivity index (χ3n) is 3.62. The van der Waals surface area contributed by atoms with Gasteiger partial charge >= 0.3 is 0 Å². The highest BCUT2D eigenvalue weighted by Crippen LogP contribution is 2.33. The van der Waals surface area contributed by atoms with E-state index in [0.29, 0.717) is 6.42 Å². The van der Waals surface area contributed by atoms with E-state index < -0.39 is 9.84 Å². The van der Waals surface area contributed by atoms with Gasteiger partial charge in [-0.25, -0.2) is 8.42 Å². The van der Waals surface area contributed by atoms with Crippen LogP contribution in [0.3, 0.4) is 0 Å². The van der Waals surface area contributed by atoms with Gasteiger partial charge < -0.3 is 9.47 Å². The molecule has 1 aromatic rings. The number of halogens is 1. The minimum atomic E-state index is -2.98. The average Bonchev–Trinajstić information content (AvgIpc) is 2.40. The third kappa shape index (κ3) is 3.88. The van der Waals surface area contributed by atoms with Crippen molar-refractivity contribution in [2.75, 3.05) is 13.4 Å². The molecule has 0 heterocycles. The van der Waals surface area contributed by atoms with Crippen molar-refractivity contribution in [3.63, 3.8) is 0 Å². The Kier molecular flexibility index (Phi) is 4.96. The molecular weight excluding hydrogens is 344 g/mol. The van der Waals surface area contributed by atoms with E-state index in [9.17, 15) is 8.42 Å². The van der Waals surface area contributed by atoms with Crippen molar-refractivity contribution in [1.29, 1.82) is 0 Å². The normalized spacial score (nSPS) is 23.4. The molecular formula is C14H19BrO4S. The molecule has 2 rings (SSSR count). The molecule has 112 valence electrons. The highest BCUT2D eigenvalue weighted by Gasteiger charge is 2.30. The summed E-state index contributed by atoms with van der Waals surface area (Å²) in [5.74, 6) is 1.48. The predicted octanol–water partition coefficient (Wildman–Crippen LogP) is 3.19. The molecule has 1 saturated carbocycles. The van der Waals surface area contributed by atoms with Crippen molar-refractivity contribution in [2.24, 2.45) is 0 Å². The molecule has 1 aliphatic rings. The highest BCUT2D eigenvalue weighted by atomic mass is 79.9. The summed E-state index contributed by atoms with van der Waals surface area (Å²) < 4.78 is 35.2. The number of hydrogen-bond donors (Lipinski definition) is 0.